The first-order valence-electron chi connectivity index (χ1n) is 9.24. The Hall–Kier alpha value is -3.49. The van der Waals surface area contributed by atoms with Gasteiger partial charge in [0.05, 0.1) is 10.9 Å². The van der Waals surface area contributed by atoms with Crippen LogP contribution in [0.2, 0.25) is 0 Å². The molecule has 0 amide bonds. The van der Waals surface area contributed by atoms with E-state index >= 15 is 0 Å². The molecule has 1 aliphatic rings. The summed E-state index contributed by atoms with van der Waals surface area (Å²) in [5, 5.41) is 16.7. The van der Waals surface area contributed by atoms with Crippen molar-refractivity contribution in [2.75, 3.05) is 29.9 Å². The molecule has 5 rings (SSSR count). The van der Waals surface area contributed by atoms with Gasteiger partial charge in [-0.05, 0) is 31.2 Å². The Morgan fingerprint density at radius 2 is 1.96 bits per heavy atom. The van der Waals surface area contributed by atoms with Crippen molar-refractivity contribution in [1.29, 1.82) is 0 Å². The van der Waals surface area contributed by atoms with E-state index in [4.69, 9.17) is 0 Å². The molecule has 0 bridgehead atoms. The van der Waals surface area contributed by atoms with Gasteiger partial charge >= 0.3 is 0 Å². The zero-order valence-corrected chi connectivity index (χ0v) is 15.7. The van der Waals surface area contributed by atoms with E-state index in [1.807, 2.05) is 37.3 Å². The molecule has 1 aliphatic heterocycles. The van der Waals surface area contributed by atoms with Crippen LogP contribution in [0.25, 0.3) is 16.6 Å². The Kier molecular flexibility index (Phi) is 3.75. The van der Waals surface area contributed by atoms with Crippen molar-refractivity contribution in [2.45, 2.75) is 6.92 Å². The molecule has 28 heavy (non-hydrogen) atoms. The number of rotatable bonds is 4. The summed E-state index contributed by atoms with van der Waals surface area (Å²) < 4.78 is 3.33. The van der Waals surface area contributed by atoms with Gasteiger partial charge in [0, 0.05) is 32.6 Å². The third kappa shape index (κ3) is 2.67. The number of nitrogens with zero attached hydrogens (tertiary/aromatic N) is 7. The van der Waals surface area contributed by atoms with Crippen molar-refractivity contribution < 1.29 is 0 Å². The first-order valence-corrected chi connectivity index (χ1v) is 9.24. The molecule has 0 unspecified atom stereocenters. The van der Waals surface area contributed by atoms with Gasteiger partial charge in [-0.2, -0.15) is 4.52 Å². The van der Waals surface area contributed by atoms with Crippen LogP contribution in [0.4, 0.5) is 11.8 Å². The molecule has 4 aromatic rings. The Balaban J connectivity index is 1.27. The first kappa shape index (κ1) is 16.7. The Labute approximate surface area is 160 Å². The van der Waals surface area contributed by atoms with Crippen LogP contribution in [0.3, 0.4) is 0 Å². The van der Waals surface area contributed by atoms with Crippen LogP contribution in [-0.2, 0) is 7.05 Å². The number of fused-ring (bicyclic) bond motifs is 2. The summed E-state index contributed by atoms with van der Waals surface area (Å²) in [4.78, 5) is 19.3. The zero-order chi connectivity index (χ0) is 19.3. The lowest BCUT2D eigenvalue weighted by Crippen LogP contribution is -2.50. The number of aromatic nitrogens is 6. The van der Waals surface area contributed by atoms with E-state index in [1.54, 1.807) is 22.2 Å². The van der Waals surface area contributed by atoms with Gasteiger partial charge < -0.3 is 10.2 Å². The largest absolute Gasteiger partial charge is 0.355 e. The normalized spacial score (nSPS) is 14.6. The summed E-state index contributed by atoms with van der Waals surface area (Å²) in [6.07, 6.45) is 0. The molecular weight excluding hydrogens is 356 g/mol. The average molecular weight is 376 g/mol. The molecule has 1 N–H and O–H groups in total. The predicted molar refractivity (Wildman–Crippen MR) is 107 cm³/mol. The summed E-state index contributed by atoms with van der Waals surface area (Å²) in [5.74, 6) is 2.76. The van der Waals surface area contributed by atoms with E-state index in [1.165, 1.54) is 0 Å². The molecule has 0 saturated carbocycles. The number of aryl methyl sites for hydroxylation is 1. The van der Waals surface area contributed by atoms with Crippen LogP contribution in [0.1, 0.15) is 5.82 Å². The molecule has 142 valence electrons. The highest BCUT2D eigenvalue weighted by molar-refractivity contribution is 5.78. The molecule has 0 aliphatic carbocycles. The molecule has 4 heterocycles. The van der Waals surface area contributed by atoms with Crippen molar-refractivity contribution in [1.82, 2.24) is 29.4 Å². The highest BCUT2D eigenvalue weighted by Gasteiger charge is 2.28. The number of hydrogen-bond donors (Lipinski definition) is 1. The average Bonchev–Trinajstić information content (AvgIpc) is 3.05. The second-order valence-corrected chi connectivity index (χ2v) is 7.18. The van der Waals surface area contributed by atoms with E-state index in [0.29, 0.717) is 22.8 Å². The summed E-state index contributed by atoms with van der Waals surface area (Å²) >= 11 is 0. The van der Waals surface area contributed by atoms with Crippen LogP contribution < -0.4 is 15.8 Å². The minimum Gasteiger partial charge on any atom is -0.355 e. The summed E-state index contributed by atoms with van der Waals surface area (Å²) in [5.41, 5.74) is 1.43. The molecule has 1 saturated heterocycles. The van der Waals surface area contributed by atoms with Gasteiger partial charge in [-0.1, -0.05) is 12.1 Å². The standard InChI is InChI=1S/C19H20N8O/c1-12-22-23-16-7-8-17(24-27(12)16)26-10-13(11-26)9-20-19-21-15-6-4-3-5-14(15)18(28)25(19)2/h3-8,13H,9-11H2,1-2H3,(H,20,21). The topological polar surface area (TPSA) is 93.2 Å². The van der Waals surface area contributed by atoms with Gasteiger partial charge in [0.15, 0.2) is 11.5 Å². The van der Waals surface area contributed by atoms with Gasteiger partial charge in [0.25, 0.3) is 5.56 Å². The van der Waals surface area contributed by atoms with Crippen molar-refractivity contribution >= 4 is 28.3 Å². The second kappa shape index (κ2) is 6.29. The summed E-state index contributed by atoms with van der Waals surface area (Å²) in [7, 11) is 1.75. The van der Waals surface area contributed by atoms with Crippen molar-refractivity contribution in [3.8, 4) is 0 Å². The van der Waals surface area contributed by atoms with E-state index in [9.17, 15) is 4.79 Å². The number of anilines is 2. The number of para-hydroxylation sites is 1. The quantitative estimate of drug-likeness (QED) is 0.572. The molecule has 0 radical (unpaired) electrons. The Bertz CT molecular complexity index is 1240. The molecular formula is C19H20N8O. The molecule has 9 heteroatoms. The summed E-state index contributed by atoms with van der Waals surface area (Å²) in [6.45, 7) is 4.44. The van der Waals surface area contributed by atoms with Crippen LogP contribution in [0, 0.1) is 12.8 Å². The molecule has 1 aromatic carbocycles. The Morgan fingerprint density at radius 1 is 1.14 bits per heavy atom. The Morgan fingerprint density at radius 3 is 2.82 bits per heavy atom. The number of nitrogens with one attached hydrogen (secondary N) is 1. The van der Waals surface area contributed by atoms with Gasteiger partial charge in [-0.25, -0.2) is 4.98 Å². The maximum absolute atomic E-state index is 12.5. The predicted octanol–water partition coefficient (Wildman–Crippen LogP) is 1.23. The van der Waals surface area contributed by atoms with Crippen molar-refractivity contribution in [3.63, 3.8) is 0 Å². The number of hydrogen-bond acceptors (Lipinski definition) is 7. The fourth-order valence-electron chi connectivity index (χ4n) is 3.55. The highest BCUT2D eigenvalue weighted by Crippen LogP contribution is 2.23. The third-order valence-corrected chi connectivity index (χ3v) is 5.22. The van der Waals surface area contributed by atoms with Gasteiger partial charge in [-0.3, -0.25) is 9.36 Å². The first-order chi connectivity index (χ1) is 13.6. The minimum atomic E-state index is -0.0369. The van der Waals surface area contributed by atoms with Crippen molar-refractivity contribution in [3.05, 3.63) is 52.6 Å². The summed E-state index contributed by atoms with van der Waals surface area (Å²) in [6, 6.07) is 11.3. The van der Waals surface area contributed by atoms with Crippen molar-refractivity contribution in [2.24, 2.45) is 13.0 Å². The van der Waals surface area contributed by atoms with Gasteiger partial charge in [0.2, 0.25) is 5.95 Å². The van der Waals surface area contributed by atoms with E-state index in [2.05, 4.69) is 30.5 Å². The monoisotopic (exact) mass is 376 g/mol. The SMILES string of the molecule is Cc1nnc2ccc(N3CC(CNc4nc5ccccc5c(=O)n4C)C3)nn12. The van der Waals surface area contributed by atoms with Crippen LogP contribution >= 0.6 is 0 Å². The fraction of sp³-hybridized carbons (Fsp3) is 0.316. The smallest absolute Gasteiger partial charge is 0.262 e. The van der Waals surface area contributed by atoms with E-state index < -0.39 is 0 Å². The fourth-order valence-corrected chi connectivity index (χ4v) is 3.55. The maximum atomic E-state index is 12.5. The number of benzene rings is 1. The lowest BCUT2D eigenvalue weighted by Gasteiger charge is -2.40. The van der Waals surface area contributed by atoms with Gasteiger partial charge in [0.1, 0.15) is 5.82 Å². The van der Waals surface area contributed by atoms with Crippen LogP contribution in [0.15, 0.2) is 41.2 Å². The molecule has 0 spiro atoms. The van der Waals surface area contributed by atoms with E-state index in [-0.39, 0.29) is 5.56 Å². The second-order valence-electron chi connectivity index (χ2n) is 7.18. The molecule has 9 nitrogen and oxygen atoms in total. The maximum Gasteiger partial charge on any atom is 0.262 e. The van der Waals surface area contributed by atoms with Gasteiger partial charge in [-0.15, -0.1) is 15.3 Å². The van der Waals surface area contributed by atoms with Crippen LogP contribution in [0.5, 0.6) is 0 Å². The lowest BCUT2D eigenvalue weighted by molar-refractivity contribution is 0.423. The molecule has 3 aromatic heterocycles. The minimum absolute atomic E-state index is 0.0369. The highest BCUT2D eigenvalue weighted by atomic mass is 16.1. The molecule has 1 fully saturated rings. The zero-order valence-electron chi connectivity index (χ0n) is 15.7. The van der Waals surface area contributed by atoms with Crippen LogP contribution in [-0.4, -0.2) is 49.0 Å². The van der Waals surface area contributed by atoms with E-state index in [0.717, 1.165) is 36.9 Å². The molecule has 0 atom stereocenters. The lowest BCUT2D eigenvalue weighted by atomic mass is 10.0. The third-order valence-electron chi connectivity index (χ3n) is 5.22.